The number of nitrogens with one attached hydrogen (secondary N) is 1. The van der Waals surface area contributed by atoms with E-state index in [4.69, 9.17) is 4.42 Å². The van der Waals surface area contributed by atoms with E-state index in [1.54, 1.807) is 0 Å². The molecular weight excluding hydrogens is 560 g/mol. The molecule has 1 N–H and O–H groups in total. The number of aromatic nitrogens is 1. The Morgan fingerprint density at radius 1 is 0.522 bits per heavy atom. The highest BCUT2D eigenvalue weighted by Crippen LogP contribution is 2.43. The van der Waals surface area contributed by atoms with Gasteiger partial charge in [0.25, 0.3) is 0 Å². The van der Waals surface area contributed by atoms with Crippen LogP contribution < -0.4 is 5.32 Å². The van der Waals surface area contributed by atoms with Crippen molar-refractivity contribution >= 4 is 76.6 Å². The molecule has 9 aromatic rings. The maximum atomic E-state index is 6.74. The van der Waals surface area contributed by atoms with Gasteiger partial charge in [0.05, 0.1) is 16.7 Å². The number of allylic oxidation sites excluding steroid dienone is 2. The van der Waals surface area contributed by atoms with Gasteiger partial charge in [-0.1, -0.05) is 115 Å². The van der Waals surface area contributed by atoms with Crippen LogP contribution in [0.15, 0.2) is 156 Å². The summed E-state index contributed by atoms with van der Waals surface area (Å²) in [4.78, 5) is 0. The Balaban J connectivity index is 1.25. The molecule has 0 radical (unpaired) electrons. The van der Waals surface area contributed by atoms with Crippen LogP contribution >= 0.6 is 0 Å². The smallest absolute Gasteiger partial charge is 0.138 e. The highest BCUT2D eigenvalue weighted by Gasteiger charge is 2.21. The largest absolute Gasteiger partial charge is 0.456 e. The van der Waals surface area contributed by atoms with E-state index in [-0.39, 0.29) is 0 Å². The molecule has 3 heterocycles. The molecule has 0 saturated carbocycles. The minimum absolute atomic E-state index is 0.748. The molecule has 0 bridgehead atoms. The second kappa shape index (κ2) is 9.72. The highest BCUT2D eigenvalue weighted by molar-refractivity contribution is 6.24. The van der Waals surface area contributed by atoms with Crippen molar-refractivity contribution in [3.63, 3.8) is 0 Å². The van der Waals surface area contributed by atoms with Gasteiger partial charge < -0.3 is 14.3 Å². The molecule has 216 valence electrons. The lowest BCUT2D eigenvalue weighted by Gasteiger charge is -2.18. The quantitative estimate of drug-likeness (QED) is 0.223. The molecule has 0 fully saturated rings. The molecule has 7 aromatic carbocycles. The van der Waals surface area contributed by atoms with E-state index >= 15 is 0 Å². The first-order valence-corrected chi connectivity index (χ1v) is 15.8. The summed E-state index contributed by atoms with van der Waals surface area (Å²) in [7, 11) is 0. The van der Waals surface area contributed by atoms with Gasteiger partial charge in [-0.25, -0.2) is 0 Å². The third kappa shape index (κ3) is 3.66. The van der Waals surface area contributed by atoms with Crippen molar-refractivity contribution in [1.29, 1.82) is 0 Å². The van der Waals surface area contributed by atoms with Gasteiger partial charge in [-0.3, -0.25) is 0 Å². The standard InChI is InChI=1S/C43H28N2O/c1-2-11-27(12-3-1)36-22-21-30(26-44-36)31-18-10-20-40-42(31)43-34-17-7-6-15-32(34)39(25-41(43)46-40)45-37-19-9-8-16-33(37)35-23-28-13-4-5-14-29(28)24-38(35)45/h1-25,44H,26H2. The number of rotatable bonds is 3. The maximum absolute atomic E-state index is 6.74. The fourth-order valence-electron chi connectivity index (χ4n) is 7.52. The fourth-order valence-corrected chi connectivity index (χ4v) is 7.52. The van der Waals surface area contributed by atoms with Crippen LogP contribution in [0.5, 0.6) is 0 Å². The molecule has 3 nitrogen and oxygen atoms in total. The third-order valence-electron chi connectivity index (χ3n) is 9.61. The topological polar surface area (TPSA) is 30.1 Å². The molecule has 0 unspecified atom stereocenters. The molecular formula is C43H28N2O. The van der Waals surface area contributed by atoms with Gasteiger partial charge in [-0.2, -0.15) is 0 Å². The highest BCUT2D eigenvalue weighted by atomic mass is 16.3. The molecule has 0 spiro atoms. The van der Waals surface area contributed by atoms with Crippen LogP contribution in [-0.4, -0.2) is 11.1 Å². The summed E-state index contributed by atoms with van der Waals surface area (Å²) >= 11 is 0. The molecule has 1 aliphatic rings. The number of fused-ring (bicyclic) bond motifs is 9. The number of para-hydroxylation sites is 1. The molecule has 1 aliphatic heterocycles. The van der Waals surface area contributed by atoms with Gasteiger partial charge in [0, 0.05) is 45.2 Å². The Labute approximate surface area is 265 Å². The maximum Gasteiger partial charge on any atom is 0.138 e. The van der Waals surface area contributed by atoms with Gasteiger partial charge >= 0.3 is 0 Å². The van der Waals surface area contributed by atoms with Crippen LogP contribution in [0, 0.1) is 0 Å². The average Bonchev–Trinajstić information content (AvgIpc) is 3.66. The molecule has 46 heavy (non-hydrogen) atoms. The Morgan fingerprint density at radius 2 is 1.26 bits per heavy atom. The summed E-state index contributed by atoms with van der Waals surface area (Å²) in [6, 6.07) is 50.0. The van der Waals surface area contributed by atoms with Crippen molar-refractivity contribution in [2.75, 3.05) is 6.54 Å². The minimum Gasteiger partial charge on any atom is -0.456 e. The van der Waals surface area contributed by atoms with Crippen LogP contribution in [0.1, 0.15) is 11.1 Å². The lowest BCUT2D eigenvalue weighted by atomic mass is 9.94. The number of hydrogen-bond donors (Lipinski definition) is 1. The second-order valence-electron chi connectivity index (χ2n) is 12.2. The predicted molar refractivity (Wildman–Crippen MR) is 193 cm³/mol. The lowest BCUT2D eigenvalue weighted by Crippen LogP contribution is -2.18. The Kier molecular flexibility index (Phi) is 5.34. The Morgan fingerprint density at radius 3 is 2.09 bits per heavy atom. The molecule has 0 amide bonds. The third-order valence-corrected chi connectivity index (χ3v) is 9.61. The number of hydrogen-bond acceptors (Lipinski definition) is 2. The number of benzene rings is 7. The molecule has 3 heteroatoms. The van der Waals surface area contributed by atoms with Crippen molar-refractivity contribution in [3.05, 3.63) is 163 Å². The van der Waals surface area contributed by atoms with Crippen molar-refractivity contribution in [2.45, 2.75) is 0 Å². The van der Waals surface area contributed by atoms with Gasteiger partial charge in [0.1, 0.15) is 11.2 Å². The molecule has 2 aromatic heterocycles. The van der Waals surface area contributed by atoms with E-state index in [2.05, 4.69) is 162 Å². The van der Waals surface area contributed by atoms with Gasteiger partial charge in [-0.15, -0.1) is 0 Å². The van der Waals surface area contributed by atoms with Crippen molar-refractivity contribution in [2.24, 2.45) is 0 Å². The summed E-state index contributed by atoms with van der Waals surface area (Å²) in [6.07, 6.45) is 4.45. The molecule has 0 atom stereocenters. The van der Waals surface area contributed by atoms with Crippen molar-refractivity contribution < 1.29 is 4.42 Å². The lowest BCUT2D eigenvalue weighted by molar-refractivity contribution is 0.669. The Hall–Kier alpha value is -6.06. The number of furan rings is 1. The van der Waals surface area contributed by atoms with Crippen LogP contribution in [0.3, 0.4) is 0 Å². The number of nitrogens with zero attached hydrogens (tertiary/aromatic N) is 1. The van der Waals surface area contributed by atoms with E-state index in [0.29, 0.717) is 0 Å². The normalized spacial score (nSPS) is 13.6. The molecule has 0 saturated heterocycles. The second-order valence-corrected chi connectivity index (χ2v) is 12.2. The zero-order valence-electron chi connectivity index (χ0n) is 25.0. The van der Waals surface area contributed by atoms with E-state index in [9.17, 15) is 0 Å². The van der Waals surface area contributed by atoms with E-state index in [1.165, 1.54) is 60.1 Å². The van der Waals surface area contributed by atoms with Gasteiger partial charge in [-0.05, 0) is 63.2 Å². The zero-order valence-corrected chi connectivity index (χ0v) is 25.0. The number of dihydropyridines is 1. The van der Waals surface area contributed by atoms with Crippen LogP contribution in [0.4, 0.5) is 0 Å². The SMILES string of the molecule is C1=C(c2ccccc2)NCC(c2cccc3oc4cc(-n5c6ccccc6c6cc7ccccc7cc65)c5ccccc5c4c23)=C1. The first-order valence-electron chi connectivity index (χ1n) is 15.8. The summed E-state index contributed by atoms with van der Waals surface area (Å²) in [5, 5.41) is 13.4. The van der Waals surface area contributed by atoms with Crippen molar-refractivity contribution in [3.8, 4) is 5.69 Å². The minimum atomic E-state index is 0.748. The first kappa shape index (κ1) is 25.3. The van der Waals surface area contributed by atoms with Crippen LogP contribution in [0.25, 0.3) is 82.2 Å². The monoisotopic (exact) mass is 588 g/mol. The van der Waals surface area contributed by atoms with E-state index in [1.807, 2.05) is 0 Å². The summed E-state index contributed by atoms with van der Waals surface area (Å²) in [6.45, 7) is 0.748. The van der Waals surface area contributed by atoms with Crippen molar-refractivity contribution in [1.82, 2.24) is 9.88 Å². The summed E-state index contributed by atoms with van der Waals surface area (Å²) in [5.41, 5.74) is 10.1. The first-order chi connectivity index (χ1) is 22.8. The van der Waals surface area contributed by atoms with E-state index < -0.39 is 0 Å². The summed E-state index contributed by atoms with van der Waals surface area (Å²) in [5.74, 6) is 0. The molecule has 0 aliphatic carbocycles. The average molecular weight is 589 g/mol. The predicted octanol–water partition coefficient (Wildman–Crippen LogP) is 11.0. The molecule has 10 rings (SSSR count). The van der Waals surface area contributed by atoms with Crippen LogP contribution in [-0.2, 0) is 0 Å². The van der Waals surface area contributed by atoms with Crippen LogP contribution in [0.2, 0.25) is 0 Å². The zero-order chi connectivity index (χ0) is 30.2. The van der Waals surface area contributed by atoms with Gasteiger partial charge in [0.2, 0.25) is 0 Å². The van der Waals surface area contributed by atoms with Gasteiger partial charge in [0.15, 0.2) is 0 Å². The fraction of sp³-hybridized carbons (Fsp3) is 0.0233. The van der Waals surface area contributed by atoms with E-state index in [0.717, 1.165) is 39.9 Å². The summed E-state index contributed by atoms with van der Waals surface area (Å²) < 4.78 is 9.17. The Bertz CT molecular complexity index is 2740.